The summed E-state index contributed by atoms with van der Waals surface area (Å²) in [6, 6.07) is -1.17. The minimum Gasteiger partial charge on any atom is -0.480 e. The molecule has 11 heteroatoms. The first-order valence-corrected chi connectivity index (χ1v) is 9.73. The number of carboxylic acid groups (broad SMARTS) is 1. The molecule has 0 aliphatic heterocycles. The molecule has 0 aromatic carbocycles. The van der Waals surface area contributed by atoms with Crippen molar-refractivity contribution in [3.05, 3.63) is 0 Å². The van der Waals surface area contributed by atoms with Crippen LogP contribution in [0.2, 0.25) is 0 Å². The predicted octanol–water partition coefficient (Wildman–Crippen LogP) is -0.259. The third kappa shape index (κ3) is 17.9. The Morgan fingerprint density at radius 2 is 1.45 bits per heavy atom. The Hall–Kier alpha value is -1.95. The van der Waals surface area contributed by atoms with E-state index in [4.69, 9.17) is 19.3 Å². The van der Waals surface area contributed by atoms with Crippen LogP contribution in [0.4, 0.5) is 4.79 Å². The minimum atomic E-state index is -1.22. The lowest BCUT2D eigenvalue weighted by Gasteiger charge is -2.13. The van der Waals surface area contributed by atoms with E-state index in [1.54, 1.807) is 0 Å². The normalized spacial score (nSPS) is 11.7. The van der Waals surface area contributed by atoms with Gasteiger partial charge >= 0.3 is 12.1 Å². The van der Waals surface area contributed by atoms with Crippen LogP contribution >= 0.6 is 0 Å². The molecule has 0 saturated heterocycles. The fourth-order valence-corrected chi connectivity index (χ4v) is 2.12. The minimum absolute atomic E-state index is 0.0211. The van der Waals surface area contributed by atoms with Crippen LogP contribution in [0.1, 0.15) is 25.7 Å². The lowest BCUT2D eigenvalue weighted by atomic mass is 10.1. The molecule has 170 valence electrons. The Bertz CT molecular complexity index is 451. The van der Waals surface area contributed by atoms with Crippen LogP contribution in [0, 0.1) is 0 Å². The van der Waals surface area contributed by atoms with E-state index in [9.17, 15) is 14.4 Å². The van der Waals surface area contributed by atoms with Gasteiger partial charge in [0.1, 0.15) is 6.04 Å². The van der Waals surface area contributed by atoms with Gasteiger partial charge in [0.05, 0.1) is 33.5 Å². The van der Waals surface area contributed by atoms with Gasteiger partial charge in [-0.1, -0.05) is 0 Å². The zero-order valence-corrected chi connectivity index (χ0v) is 17.4. The Balaban J connectivity index is 3.49. The van der Waals surface area contributed by atoms with Crippen molar-refractivity contribution in [1.29, 1.82) is 0 Å². The summed E-state index contributed by atoms with van der Waals surface area (Å²) in [5, 5.41) is 16.9. The smallest absolute Gasteiger partial charge is 0.407 e. The van der Waals surface area contributed by atoms with Crippen LogP contribution in [0.15, 0.2) is 0 Å². The summed E-state index contributed by atoms with van der Waals surface area (Å²) in [5.41, 5.74) is 0. The highest BCUT2D eigenvalue weighted by atomic mass is 16.5. The van der Waals surface area contributed by atoms with Crippen molar-refractivity contribution in [2.45, 2.75) is 31.7 Å². The molecule has 0 bridgehead atoms. The number of hydrogen-bond acceptors (Lipinski definition) is 8. The number of aliphatic carboxylic acids is 1. The Kier molecular flexibility index (Phi) is 18.1. The summed E-state index contributed by atoms with van der Waals surface area (Å²) >= 11 is 0. The number of hydrogen-bond donors (Lipinski definition) is 4. The maximum absolute atomic E-state index is 11.7. The van der Waals surface area contributed by atoms with E-state index in [2.05, 4.69) is 20.7 Å². The van der Waals surface area contributed by atoms with Gasteiger partial charge in [0, 0.05) is 26.2 Å². The summed E-state index contributed by atoms with van der Waals surface area (Å²) in [4.78, 5) is 33.8. The first-order valence-electron chi connectivity index (χ1n) is 9.73. The van der Waals surface area contributed by atoms with Gasteiger partial charge in [0.25, 0.3) is 0 Å². The highest BCUT2D eigenvalue weighted by Gasteiger charge is 2.21. The lowest BCUT2D eigenvalue weighted by Crippen LogP contribution is -2.41. The number of ether oxygens (including phenoxy) is 4. The van der Waals surface area contributed by atoms with Crippen LogP contribution in [0.5, 0.6) is 0 Å². The molecule has 11 nitrogen and oxygen atoms in total. The summed E-state index contributed by atoms with van der Waals surface area (Å²) in [6.45, 7) is 4.59. The maximum Gasteiger partial charge on any atom is 0.407 e. The molecule has 0 aliphatic carbocycles. The summed E-state index contributed by atoms with van der Waals surface area (Å²) in [7, 11) is 3.04. The molecule has 0 saturated carbocycles. The molecular weight excluding hydrogens is 386 g/mol. The maximum atomic E-state index is 11.7. The molecular formula is C18H35N3O8. The van der Waals surface area contributed by atoms with Crippen LogP contribution in [0.25, 0.3) is 0 Å². The molecule has 1 atom stereocenters. The van der Waals surface area contributed by atoms with Crippen molar-refractivity contribution in [2.24, 2.45) is 0 Å². The number of alkyl carbamates (subject to hydrolysis) is 1. The average molecular weight is 421 g/mol. The average Bonchev–Trinajstić information content (AvgIpc) is 2.70. The molecule has 0 aromatic rings. The van der Waals surface area contributed by atoms with Crippen molar-refractivity contribution in [1.82, 2.24) is 16.0 Å². The third-order valence-corrected chi connectivity index (χ3v) is 3.68. The molecule has 1 unspecified atom stereocenters. The number of methoxy groups -OCH3 is 1. The first-order chi connectivity index (χ1) is 14.0. The van der Waals surface area contributed by atoms with Gasteiger partial charge < -0.3 is 40.0 Å². The van der Waals surface area contributed by atoms with Crippen molar-refractivity contribution < 1.29 is 38.4 Å². The molecule has 2 amide bonds. The van der Waals surface area contributed by atoms with Crippen molar-refractivity contribution >= 4 is 18.0 Å². The fourth-order valence-electron chi connectivity index (χ4n) is 2.12. The number of nitrogens with one attached hydrogen (secondary N) is 3. The van der Waals surface area contributed by atoms with Crippen molar-refractivity contribution in [3.8, 4) is 0 Å². The Morgan fingerprint density at radius 3 is 1.97 bits per heavy atom. The van der Waals surface area contributed by atoms with E-state index in [0.717, 1.165) is 20.1 Å². The third-order valence-electron chi connectivity index (χ3n) is 3.68. The lowest BCUT2D eigenvalue weighted by molar-refractivity contribution is -0.139. The molecule has 0 fully saturated rings. The molecule has 0 aliphatic rings. The molecule has 4 N–H and O–H groups in total. The van der Waals surface area contributed by atoms with Crippen LogP contribution < -0.4 is 16.0 Å². The van der Waals surface area contributed by atoms with Gasteiger partial charge in [-0.3, -0.25) is 4.79 Å². The molecule has 0 radical (unpaired) electrons. The molecule has 0 aromatic heterocycles. The zero-order valence-electron chi connectivity index (χ0n) is 17.4. The standard InChI is InChI=1S/C18H35N3O8/c1-19-7-3-9-27-11-13-29-14-12-28-10-4-8-20-16(22)6-5-15(17(23)24)21-18(25)26-2/h15,19H,3-14H2,1-2H3,(H,20,22)(H,21,25)(H,23,24). The molecule has 0 spiro atoms. The Morgan fingerprint density at radius 1 is 0.897 bits per heavy atom. The summed E-state index contributed by atoms with van der Waals surface area (Å²) in [6.07, 6.45) is 0.704. The largest absolute Gasteiger partial charge is 0.480 e. The number of carbonyl (C=O) groups excluding carboxylic acids is 2. The number of carboxylic acids is 1. The second-order valence-corrected chi connectivity index (χ2v) is 6.06. The van der Waals surface area contributed by atoms with Crippen LogP contribution in [-0.4, -0.2) is 96.0 Å². The quantitative estimate of drug-likeness (QED) is 0.207. The van der Waals surface area contributed by atoms with E-state index in [1.807, 2.05) is 7.05 Å². The van der Waals surface area contributed by atoms with Gasteiger partial charge in [-0.25, -0.2) is 9.59 Å². The van der Waals surface area contributed by atoms with E-state index in [1.165, 1.54) is 0 Å². The zero-order chi connectivity index (χ0) is 21.7. The van der Waals surface area contributed by atoms with E-state index in [-0.39, 0.29) is 18.7 Å². The number of rotatable bonds is 19. The highest BCUT2D eigenvalue weighted by Crippen LogP contribution is 1.99. The van der Waals surface area contributed by atoms with Gasteiger partial charge in [0.15, 0.2) is 0 Å². The second kappa shape index (κ2) is 19.4. The number of carbonyl (C=O) groups is 3. The monoisotopic (exact) mass is 421 g/mol. The van der Waals surface area contributed by atoms with Gasteiger partial charge in [0.2, 0.25) is 5.91 Å². The first kappa shape index (κ1) is 27.0. The van der Waals surface area contributed by atoms with Crippen LogP contribution in [0.3, 0.4) is 0 Å². The molecule has 0 heterocycles. The van der Waals surface area contributed by atoms with Crippen molar-refractivity contribution in [2.75, 3.05) is 66.9 Å². The van der Waals surface area contributed by atoms with E-state index in [0.29, 0.717) is 52.6 Å². The van der Waals surface area contributed by atoms with Crippen molar-refractivity contribution in [3.63, 3.8) is 0 Å². The molecule has 29 heavy (non-hydrogen) atoms. The SMILES string of the molecule is CNCCCOCCOCCOCCCNC(=O)CCC(NC(=O)OC)C(=O)O. The van der Waals surface area contributed by atoms with Gasteiger partial charge in [-0.05, 0) is 32.9 Å². The highest BCUT2D eigenvalue weighted by molar-refractivity contribution is 5.81. The molecule has 0 rings (SSSR count). The Labute approximate surface area is 171 Å². The van der Waals surface area contributed by atoms with Crippen LogP contribution in [-0.2, 0) is 28.5 Å². The number of amides is 2. The predicted molar refractivity (Wildman–Crippen MR) is 105 cm³/mol. The van der Waals surface area contributed by atoms with E-state index < -0.39 is 18.1 Å². The topological polar surface area (TPSA) is 144 Å². The fraction of sp³-hybridized carbons (Fsp3) is 0.833. The van der Waals surface area contributed by atoms with Gasteiger partial charge in [-0.2, -0.15) is 0 Å². The van der Waals surface area contributed by atoms with E-state index >= 15 is 0 Å². The summed E-state index contributed by atoms with van der Waals surface area (Å²) in [5.74, 6) is -1.51. The summed E-state index contributed by atoms with van der Waals surface area (Å²) < 4.78 is 20.5. The second-order valence-electron chi connectivity index (χ2n) is 6.06. The van der Waals surface area contributed by atoms with Gasteiger partial charge in [-0.15, -0.1) is 0 Å².